The number of hydrogen-bond donors (Lipinski definition) is 2. The van der Waals surface area contributed by atoms with Gasteiger partial charge in [0.1, 0.15) is 0 Å². The molecule has 2 saturated carbocycles. The Bertz CT molecular complexity index is 531. The van der Waals surface area contributed by atoms with Crippen molar-refractivity contribution >= 4 is 18.3 Å². The lowest BCUT2D eigenvalue weighted by atomic mass is 9.65. The average molecular weight is 351 g/mol. The van der Waals surface area contributed by atoms with Crippen molar-refractivity contribution in [1.82, 2.24) is 5.32 Å². The van der Waals surface area contributed by atoms with Gasteiger partial charge < -0.3 is 11.1 Å². The average Bonchev–Trinajstić information content (AvgIpc) is 2.52. The normalized spacial score (nSPS) is 30.1. The van der Waals surface area contributed by atoms with E-state index in [9.17, 15) is 4.79 Å². The standard InChI is InChI=1S/C20H30N2O.ClH/c1-13-6-8-15(9-7-13)14(2)12-22-20(23)18-10-16-4-3-5-17(11-18)19(16)21;/h6-9,14,16-19H,3-5,10-12,21H2,1-2H3,(H,22,23);1H. The van der Waals surface area contributed by atoms with E-state index in [1.165, 1.54) is 30.4 Å². The zero-order valence-corrected chi connectivity index (χ0v) is 15.6. The van der Waals surface area contributed by atoms with Gasteiger partial charge in [0.15, 0.2) is 0 Å². The summed E-state index contributed by atoms with van der Waals surface area (Å²) in [6, 6.07) is 8.93. The molecule has 2 bridgehead atoms. The summed E-state index contributed by atoms with van der Waals surface area (Å²) in [5.41, 5.74) is 8.89. The second-order valence-electron chi connectivity index (χ2n) is 7.75. The summed E-state index contributed by atoms with van der Waals surface area (Å²) in [5.74, 6) is 1.90. The highest BCUT2D eigenvalue weighted by Gasteiger charge is 2.40. The molecule has 1 aromatic rings. The monoisotopic (exact) mass is 350 g/mol. The van der Waals surface area contributed by atoms with Gasteiger partial charge in [-0.2, -0.15) is 0 Å². The van der Waals surface area contributed by atoms with Crippen molar-refractivity contribution in [2.24, 2.45) is 23.5 Å². The first-order valence-corrected chi connectivity index (χ1v) is 9.14. The number of carbonyl (C=O) groups excluding carboxylic acids is 1. The predicted octanol–water partition coefficient (Wildman–Crippen LogP) is 3.79. The van der Waals surface area contributed by atoms with Crippen molar-refractivity contribution in [2.75, 3.05) is 6.54 Å². The van der Waals surface area contributed by atoms with Crippen LogP contribution in [0.5, 0.6) is 0 Å². The van der Waals surface area contributed by atoms with Crippen LogP contribution in [0.2, 0.25) is 0 Å². The molecule has 2 aliphatic carbocycles. The van der Waals surface area contributed by atoms with Crippen LogP contribution in [0.25, 0.3) is 0 Å². The van der Waals surface area contributed by atoms with E-state index in [2.05, 4.69) is 43.4 Å². The van der Waals surface area contributed by atoms with Crippen molar-refractivity contribution in [3.63, 3.8) is 0 Å². The lowest BCUT2D eigenvalue weighted by Crippen LogP contribution is -2.49. The third-order valence-corrected chi connectivity index (χ3v) is 6.01. The van der Waals surface area contributed by atoms with Crippen LogP contribution >= 0.6 is 12.4 Å². The molecule has 3 unspecified atom stereocenters. The van der Waals surface area contributed by atoms with E-state index in [0.29, 0.717) is 23.8 Å². The smallest absolute Gasteiger partial charge is 0.223 e. The van der Waals surface area contributed by atoms with E-state index in [4.69, 9.17) is 5.73 Å². The summed E-state index contributed by atoms with van der Waals surface area (Å²) in [5, 5.41) is 3.19. The molecule has 1 aromatic carbocycles. The maximum Gasteiger partial charge on any atom is 0.223 e. The maximum atomic E-state index is 12.6. The third kappa shape index (κ3) is 4.31. The number of fused-ring (bicyclic) bond motifs is 2. The van der Waals surface area contributed by atoms with Gasteiger partial charge in [0.2, 0.25) is 5.91 Å². The number of hydrogen-bond acceptors (Lipinski definition) is 2. The summed E-state index contributed by atoms with van der Waals surface area (Å²) < 4.78 is 0. The molecule has 0 saturated heterocycles. The van der Waals surface area contributed by atoms with Gasteiger partial charge in [0, 0.05) is 18.5 Å². The minimum Gasteiger partial charge on any atom is -0.355 e. The maximum absolute atomic E-state index is 12.6. The molecule has 3 nitrogen and oxygen atoms in total. The van der Waals surface area contributed by atoms with Crippen LogP contribution in [0.3, 0.4) is 0 Å². The molecule has 2 fully saturated rings. The molecule has 3 atom stereocenters. The van der Waals surface area contributed by atoms with Gasteiger partial charge in [0.05, 0.1) is 0 Å². The molecule has 24 heavy (non-hydrogen) atoms. The fraction of sp³-hybridized carbons (Fsp3) is 0.650. The van der Waals surface area contributed by atoms with Crippen LogP contribution in [0.15, 0.2) is 24.3 Å². The van der Waals surface area contributed by atoms with Gasteiger partial charge in [-0.25, -0.2) is 0 Å². The van der Waals surface area contributed by atoms with Crippen molar-refractivity contribution in [3.8, 4) is 0 Å². The highest BCUT2D eigenvalue weighted by atomic mass is 35.5. The number of aryl methyl sites for hydroxylation is 1. The fourth-order valence-electron chi connectivity index (χ4n) is 4.41. The number of amides is 1. The molecule has 0 radical (unpaired) electrons. The molecule has 0 heterocycles. The Morgan fingerprint density at radius 3 is 2.38 bits per heavy atom. The van der Waals surface area contributed by atoms with E-state index < -0.39 is 0 Å². The molecular weight excluding hydrogens is 320 g/mol. The van der Waals surface area contributed by atoms with Crippen LogP contribution in [0, 0.1) is 24.7 Å². The van der Waals surface area contributed by atoms with Crippen molar-refractivity contribution < 1.29 is 4.79 Å². The lowest BCUT2D eigenvalue weighted by Gasteiger charge is -2.43. The summed E-state index contributed by atoms with van der Waals surface area (Å²) >= 11 is 0. The molecule has 1 amide bonds. The molecule has 0 spiro atoms. The summed E-state index contributed by atoms with van der Waals surface area (Å²) in [6.45, 7) is 5.00. The molecule has 4 heteroatoms. The fourth-order valence-corrected chi connectivity index (χ4v) is 4.41. The number of rotatable bonds is 4. The number of nitrogens with one attached hydrogen (secondary N) is 1. The van der Waals surface area contributed by atoms with Crippen molar-refractivity contribution in [2.45, 2.75) is 57.9 Å². The first-order chi connectivity index (χ1) is 11.0. The zero-order valence-electron chi connectivity index (χ0n) is 14.8. The van der Waals surface area contributed by atoms with Gasteiger partial charge in [-0.15, -0.1) is 12.4 Å². The van der Waals surface area contributed by atoms with Crippen LogP contribution < -0.4 is 11.1 Å². The van der Waals surface area contributed by atoms with E-state index in [-0.39, 0.29) is 24.2 Å². The third-order valence-electron chi connectivity index (χ3n) is 6.01. The van der Waals surface area contributed by atoms with Gasteiger partial charge in [-0.05, 0) is 55.9 Å². The summed E-state index contributed by atoms with van der Waals surface area (Å²) in [6.07, 6.45) is 5.69. The summed E-state index contributed by atoms with van der Waals surface area (Å²) in [4.78, 5) is 12.6. The van der Waals surface area contributed by atoms with Crippen LogP contribution in [0.1, 0.15) is 56.1 Å². The Balaban J connectivity index is 0.00000208. The second kappa shape index (κ2) is 8.35. The molecule has 0 aromatic heterocycles. The van der Waals surface area contributed by atoms with Crippen LogP contribution in [-0.2, 0) is 4.79 Å². The molecule has 3 N–H and O–H groups in total. The number of halogens is 1. The Morgan fingerprint density at radius 2 is 1.79 bits per heavy atom. The highest BCUT2D eigenvalue weighted by molar-refractivity contribution is 5.85. The van der Waals surface area contributed by atoms with E-state index in [1.807, 2.05) is 0 Å². The number of carbonyl (C=O) groups is 1. The zero-order chi connectivity index (χ0) is 16.4. The Kier molecular flexibility index (Phi) is 6.70. The molecular formula is C20H31ClN2O. The topological polar surface area (TPSA) is 55.1 Å². The SMILES string of the molecule is Cc1ccc(C(C)CNC(=O)C2CC3CCCC(C2)C3N)cc1.Cl. The van der Waals surface area contributed by atoms with Crippen LogP contribution in [0.4, 0.5) is 0 Å². The second-order valence-corrected chi connectivity index (χ2v) is 7.75. The Morgan fingerprint density at radius 1 is 1.21 bits per heavy atom. The molecule has 0 aliphatic heterocycles. The van der Waals surface area contributed by atoms with Crippen molar-refractivity contribution in [1.29, 1.82) is 0 Å². The first-order valence-electron chi connectivity index (χ1n) is 9.14. The van der Waals surface area contributed by atoms with Gasteiger partial charge in [0.25, 0.3) is 0 Å². The molecule has 134 valence electrons. The minimum atomic E-state index is 0. The van der Waals surface area contributed by atoms with Crippen molar-refractivity contribution in [3.05, 3.63) is 35.4 Å². The van der Waals surface area contributed by atoms with Gasteiger partial charge in [-0.3, -0.25) is 4.79 Å². The van der Waals surface area contributed by atoms with E-state index in [0.717, 1.165) is 19.4 Å². The summed E-state index contributed by atoms with van der Waals surface area (Å²) in [7, 11) is 0. The van der Waals surface area contributed by atoms with Crippen LogP contribution in [-0.4, -0.2) is 18.5 Å². The molecule has 2 aliphatic rings. The van der Waals surface area contributed by atoms with Gasteiger partial charge >= 0.3 is 0 Å². The minimum absolute atomic E-state index is 0. The largest absolute Gasteiger partial charge is 0.355 e. The Hall–Kier alpha value is -1.06. The predicted molar refractivity (Wildman–Crippen MR) is 101 cm³/mol. The number of nitrogens with two attached hydrogens (primary N) is 1. The lowest BCUT2D eigenvalue weighted by molar-refractivity contribution is -0.127. The van der Waals surface area contributed by atoms with E-state index in [1.54, 1.807) is 0 Å². The number of benzene rings is 1. The Labute approximate surface area is 152 Å². The van der Waals surface area contributed by atoms with E-state index >= 15 is 0 Å². The van der Waals surface area contributed by atoms with Gasteiger partial charge in [-0.1, -0.05) is 43.2 Å². The molecule has 3 rings (SSSR count). The highest BCUT2D eigenvalue weighted by Crippen LogP contribution is 2.41. The quantitative estimate of drug-likeness (QED) is 0.868. The first kappa shape index (κ1) is 19.3.